The molecule has 0 fully saturated rings. The second kappa shape index (κ2) is 14.4. The van der Waals surface area contributed by atoms with Gasteiger partial charge in [0.2, 0.25) is 5.91 Å². The molecule has 1 heterocycles. The molecule has 0 radical (unpaired) electrons. The third-order valence-corrected chi connectivity index (χ3v) is 6.57. The molecule has 0 unspecified atom stereocenters. The van der Waals surface area contributed by atoms with E-state index in [0.717, 1.165) is 0 Å². The number of ether oxygens (including phenoxy) is 2. The molecule has 0 saturated carbocycles. The lowest BCUT2D eigenvalue weighted by atomic mass is 9.92. The first-order chi connectivity index (χ1) is 16.1. The predicted octanol–water partition coefficient (Wildman–Crippen LogP) is 4.71. The Morgan fingerprint density at radius 3 is 2.47 bits per heavy atom. The third-order valence-electron chi connectivity index (χ3n) is 5.63. The number of amides is 2. The molecule has 34 heavy (non-hydrogen) atoms. The van der Waals surface area contributed by atoms with E-state index in [0.29, 0.717) is 24.4 Å². The molecule has 0 bridgehead atoms. The smallest absolute Gasteiger partial charge is 0.407 e. The van der Waals surface area contributed by atoms with E-state index in [2.05, 4.69) is 20.3 Å². The van der Waals surface area contributed by atoms with Crippen LogP contribution in [0.1, 0.15) is 75.5 Å². The SMILES string of the molecule is CCCN(C(=O)[C@@H](N=[N+]=[N-])[C@@H](C)CC)[C@H](C[C@@H](OC(=O)NC)c1nc(C(=O)OC)cs1)C(C)C. The summed E-state index contributed by atoms with van der Waals surface area (Å²) in [7, 11) is 2.71. The second-order valence-corrected chi connectivity index (χ2v) is 9.21. The number of methoxy groups -OCH3 is 1. The summed E-state index contributed by atoms with van der Waals surface area (Å²) < 4.78 is 10.3. The number of azide groups is 1. The van der Waals surface area contributed by atoms with Crippen molar-refractivity contribution in [2.45, 2.75) is 72.1 Å². The van der Waals surface area contributed by atoms with Crippen molar-refractivity contribution in [2.75, 3.05) is 20.7 Å². The van der Waals surface area contributed by atoms with Crippen LogP contribution in [0.5, 0.6) is 0 Å². The molecule has 12 heteroatoms. The van der Waals surface area contributed by atoms with Crippen molar-refractivity contribution in [1.82, 2.24) is 15.2 Å². The number of carbonyl (C=O) groups excluding carboxylic acids is 3. The van der Waals surface area contributed by atoms with Crippen LogP contribution in [0.25, 0.3) is 10.4 Å². The maximum Gasteiger partial charge on any atom is 0.407 e. The number of nitrogens with zero attached hydrogens (tertiary/aromatic N) is 5. The topological polar surface area (TPSA) is 147 Å². The first-order valence-corrected chi connectivity index (χ1v) is 12.3. The molecule has 0 aliphatic rings. The van der Waals surface area contributed by atoms with Gasteiger partial charge in [0.1, 0.15) is 11.0 Å². The van der Waals surface area contributed by atoms with E-state index >= 15 is 0 Å². The molecular weight excluding hydrogens is 460 g/mol. The highest BCUT2D eigenvalue weighted by molar-refractivity contribution is 7.09. The van der Waals surface area contributed by atoms with Gasteiger partial charge < -0.3 is 19.7 Å². The Morgan fingerprint density at radius 2 is 1.97 bits per heavy atom. The van der Waals surface area contributed by atoms with Gasteiger partial charge in [-0.25, -0.2) is 14.6 Å². The van der Waals surface area contributed by atoms with Gasteiger partial charge in [0.05, 0.1) is 7.11 Å². The zero-order chi connectivity index (χ0) is 25.8. The number of hydrogen-bond donors (Lipinski definition) is 1. The molecule has 1 N–H and O–H groups in total. The molecule has 0 aliphatic carbocycles. The standard InChI is InChI=1S/C22H36N6O5S/c1-8-10-28(20(29)18(26-27-23)14(5)9-2)16(13(3)4)11-17(33-22(31)24-6)19-25-15(12-34-19)21(30)32-7/h12-14,16-18H,8-11H2,1-7H3,(H,24,31)/t14-,16+,17+,18-/m0/s1. The van der Waals surface area contributed by atoms with E-state index in [9.17, 15) is 14.4 Å². The normalized spacial score (nSPS) is 14.4. The number of rotatable bonds is 13. The Labute approximate surface area is 204 Å². The summed E-state index contributed by atoms with van der Waals surface area (Å²) in [5, 5.41) is 8.20. The molecular formula is C22H36N6O5S. The third kappa shape index (κ3) is 7.88. The monoisotopic (exact) mass is 496 g/mol. The summed E-state index contributed by atoms with van der Waals surface area (Å²) in [5.41, 5.74) is 9.18. The zero-order valence-electron chi connectivity index (χ0n) is 21.0. The Morgan fingerprint density at radius 1 is 1.29 bits per heavy atom. The Hall–Kier alpha value is -2.85. The minimum atomic E-state index is -0.827. The number of alkyl carbamates (subject to hydrolysis) is 1. The van der Waals surface area contributed by atoms with Crippen molar-refractivity contribution < 1.29 is 23.9 Å². The second-order valence-electron chi connectivity index (χ2n) is 8.32. The zero-order valence-corrected chi connectivity index (χ0v) is 21.8. The minimum absolute atomic E-state index is 0.00465. The van der Waals surface area contributed by atoms with E-state index in [4.69, 9.17) is 15.0 Å². The fourth-order valence-corrected chi connectivity index (χ4v) is 4.36. The molecule has 1 aromatic rings. The van der Waals surface area contributed by atoms with Gasteiger partial charge in [-0.2, -0.15) is 0 Å². The van der Waals surface area contributed by atoms with Crippen LogP contribution in [0.2, 0.25) is 0 Å². The average molecular weight is 497 g/mol. The van der Waals surface area contributed by atoms with Crippen LogP contribution in [-0.2, 0) is 14.3 Å². The molecule has 2 amide bonds. The highest BCUT2D eigenvalue weighted by Gasteiger charge is 2.36. The van der Waals surface area contributed by atoms with Crippen LogP contribution in [0.4, 0.5) is 4.79 Å². The molecule has 0 saturated heterocycles. The van der Waals surface area contributed by atoms with E-state index in [1.54, 1.807) is 10.3 Å². The van der Waals surface area contributed by atoms with Gasteiger partial charge in [-0.1, -0.05) is 46.2 Å². The lowest BCUT2D eigenvalue weighted by molar-refractivity contribution is -0.138. The van der Waals surface area contributed by atoms with Gasteiger partial charge in [-0.05, 0) is 23.8 Å². The fourth-order valence-electron chi connectivity index (χ4n) is 3.54. The Kier molecular flexibility index (Phi) is 12.4. The first kappa shape index (κ1) is 29.2. The molecule has 0 aliphatic heterocycles. The minimum Gasteiger partial charge on any atom is -0.464 e. The number of hydrogen-bond acceptors (Lipinski definition) is 8. The van der Waals surface area contributed by atoms with Crippen molar-refractivity contribution in [1.29, 1.82) is 0 Å². The van der Waals surface area contributed by atoms with E-state index in [1.807, 2.05) is 34.6 Å². The summed E-state index contributed by atoms with van der Waals surface area (Å²) in [6.07, 6.45) is 0.184. The molecule has 1 rings (SSSR count). The van der Waals surface area contributed by atoms with E-state index in [-0.39, 0.29) is 35.9 Å². The van der Waals surface area contributed by atoms with Crippen LogP contribution < -0.4 is 5.32 Å². The van der Waals surface area contributed by atoms with Gasteiger partial charge in [0.15, 0.2) is 11.8 Å². The lowest BCUT2D eigenvalue weighted by Crippen LogP contribution is -2.49. The number of nitrogens with one attached hydrogen (secondary N) is 1. The van der Waals surface area contributed by atoms with Crippen molar-refractivity contribution in [2.24, 2.45) is 17.0 Å². The number of thiazole rings is 1. The highest BCUT2D eigenvalue weighted by atomic mass is 32.1. The van der Waals surface area contributed by atoms with Crippen LogP contribution in [-0.4, -0.2) is 60.6 Å². The summed E-state index contributed by atoms with van der Waals surface area (Å²) in [6, 6.07) is -1.17. The Bertz CT molecular complexity index is 870. The summed E-state index contributed by atoms with van der Waals surface area (Å²) >= 11 is 1.18. The predicted molar refractivity (Wildman–Crippen MR) is 129 cm³/mol. The quantitative estimate of drug-likeness (QED) is 0.181. The van der Waals surface area contributed by atoms with Crippen LogP contribution in [0, 0.1) is 11.8 Å². The molecule has 0 spiro atoms. The largest absolute Gasteiger partial charge is 0.464 e. The molecule has 4 atom stereocenters. The van der Waals surface area contributed by atoms with Crippen LogP contribution in [0.15, 0.2) is 10.5 Å². The molecule has 1 aromatic heterocycles. The molecule has 0 aromatic carbocycles. The molecule has 11 nitrogen and oxygen atoms in total. The van der Waals surface area contributed by atoms with Gasteiger partial charge in [0.25, 0.3) is 0 Å². The first-order valence-electron chi connectivity index (χ1n) is 11.4. The number of aromatic nitrogens is 1. The molecule has 190 valence electrons. The van der Waals surface area contributed by atoms with Gasteiger partial charge in [-0.15, -0.1) is 11.3 Å². The van der Waals surface area contributed by atoms with Gasteiger partial charge in [-0.3, -0.25) is 4.79 Å². The van der Waals surface area contributed by atoms with E-state index < -0.39 is 24.2 Å². The summed E-state index contributed by atoms with van der Waals surface area (Å²) in [5.74, 6) is -0.971. The fraction of sp³-hybridized carbons (Fsp3) is 0.727. The van der Waals surface area contributed by atoms with Crippen LogP contribution >= 0.6 is 11.3 Å². The van der Waals surface area contributed by atoms with Crippen molar-refractivity contribution in [3.05, 3.63) is 26.5 Å². The maximum atomic E-state index is 13.6. The van der Waals surface area contributed by atoms with Gasteiger partial charge >= 0.3 is 12.1 Å². The van der Waals surface area contributed by atoms with Crippen molar-refractivity contribution in [3.8, 4) is 0 Å². The summed E-state index contributed by atoms with van der Waals surface area (Å²) in [6.45, 7) is 10.2. The van der Waals surface area contributed by atoms with E-state index in [1.165, 1.54) is 25.5 Å². The summed E-state index contributed by atoms with van der Waals surface area (Å²) in [4.78, 5) is 46.5. The highest BCUT2D eigenvalue weighted by Crippen LogP contribution is 2.32. The van der Waals surface area contributed by atoms with Gasteiger partial charge in [0, 0.05) is 36.3 Å². The average Bonchev–Trinajstić information content (AvgIpc) is 3.32. The lowest BCUT2D eigenvalue weighted by Gasteiger charge is -2.38. The number of carbonyl (C=O) groups is 3. The van der Waals surface area contributed by atoms with Crippen molar-refractivity contribution >= 4 is 29.3 Å². The maximum absolute atomic E-state index is 13.6. The van der Waals surface area contributed by atoms with Crippen LogP contribution in [0.3, 0.4) is 0 Å². The number of esters is 1. The van der Waals surface area contributed by atoms with Crippen molar-refractivity contribution in [3.63, 3.8) is 0 Å². The Balaban J connectivity index is 3.39.